The molecule has 3 aromatic rings. The minimum atomic E-state index is -0.206. The van der Waals surface area contributed by atoms with Crippen LogP contribution in [0.15, 0.2) is 53.7 Å². The van der Waals surface area contributed by atoms with Crippen LogP contribution in [0.2, 0.25) is 10.0 Å². The van der Waals surface area contributed by atoms with E-state index in [1.807, 2.05) is 17.6 Å². The SMILES string of the molecule is CCn1c(CNC(=O)c2ccccc2)nnc1SCC(=O)Nc1ccc(Cl)c(Cl)c1. The van der Waals surface area contributed by atoms with Gasteiger partial charge in [-0.25, -0.2) is 0 Å². The van der Waals surface area contributed by atoms with Crippen molar-refractivity contribution in [1.82, 2.24) is 20.1 Å². The summed E-state index contributed by atoms with van der Waals surface area (Å²) in [7, 11) is 0. The third-order valence-electron chi connectivity index (χ3n) is 4.09. The number of nitrogens with one attached hydrogen (secondary N) is 2. The second kappa shape index (κ2) is 10.5. The van der Waals surface area contributed by atoms with Gasteiger partial charge in [0.2, 0.25) is 5.91 Å². The van der Waals surface area contributed by atoms with Crippen LogP contribution in [0, 0.1) is 0 Å². The van der Waals surface area contributed by atoms with Crippen molar-refractivity contribution in [2.75, 3.05) is 11.1 Å². The van der Waals surface area contributed by atoms with Gasteiger partial charge in [0, 0.05) is 17.8 Å². The Morgan fingerprint density at radius 2 is 1.83 bits per heavy atom. The molecule has 3 rings (SSSR count). The van der Waals surface area contributed by atoms with Gasteiger partial charge in [0.05, 0.1) is 22.3 Å². The fourth-order valence-corrected chi connectivity index (χ4v) is 3.75. The van der Waals surface area contributed by atoms with Gasteiger partial charge in [-0.15, -0.1) is 10.2 Å². The zero-order valence-corrected chi connectivity index (χ0v) is 18.4. The predicted molar refractivity (Wildman–Crippen MR) is 119 cm³/mol. The van der Waals surface area contributed by atoms with Crippen LogP contribution in [0.1, 0.15) is 23.1 Å². The highest BCUT2D eigenvalue weighted by Gasteiger charge is 2.14. The van der Waals surface area contributed by atoms with Crippen molar-refractivity contribution in [3.63, 3.8) is 0 Å². The van der Waals surface area contributed by atoms with Crippen LogP contribution in [0.3, 0.4) is 0 Å². The van der Waals surface area contributed by atoms with Gasteiger partial charge in [0.25, 0.3) is 5.91 Å². The average Bonchev–Trinajstić information content (AvgIpc) is 3.15. The predicted octanol–water partition coefficient (Wildman–Crippen LogP) is 4.27. The molecule has 2 aromatic carbocycles. The Bertz CT molecular complexity index is 1040. The van der Waals surface area contributed by atoms with Crippen LogP contribution in [0.25, 0.3) is 0 Å². The maximum Gasteiger partial charge on any atom is 0.251 e. The fraction of sp³-hybridized carbons (Fsp3) is 0.200. The Morgan fingerprint density at radius 3 is 2.53 bits per heavy atom. The average molecular weight is 464 g/mol. The number of anilines is 1. The number of thioether (sulfide) groups is 1. The topological polar surface area (TPSA) is 88.9 Å². The third-order valence-corrected chi connectivity index (χ3v) is 5.79. The summed E-state index contributed by atoms with van der Waals surface area (Å²) in [5, 5.41) is 15.3. The number of halogens is 2. The van der Waals surface area contributed by atoms with Crippen LogP contribution in [-0.2, 0) is 17.9 Å². The number of amides is 2. The lowest BCUT2D eigenvalue weighted by atomic mass is 10.2. The molecule has 0 aliphatic rings. The molecule has 7 nitrogen and oxygen atoms in total. The molecule has 0 bridgehead atoms. The highest BCUT2D eigenvalue weighted by molar-refractivity contribution is 7.99. The van der Waals surface area contributed by atoms with E-state index >= 15 is 0 Å². The highest BCUT2D eigenvalue weighted by Crippen LogP contribution is 2.25. The highest BCUT2D eigenvalue weighted by atomic mass is 35.5. The molecule has 0 saturated heterocycles. The van der Waals surface area contributed by atoms with Crippen LogP contribution in [0.5, 0.6) is 0 Å². The normalized spacial score (nSPS) is 10.6. The van der Waals surface area contributed by atoms with Crippen molar-refractivity contribution in [3.05, 3.63) is 70.0 Å². The number of rotatable bonds is 8. The van der Waals surface area contributed by atoms with Gasteiger partial charge in [0.15, 0.2) is 11.0 Å². The van der Waals surface area contributed by atoms with Crippen LogP contribution in [0.4, 0.5) is 5.69 Å². The van der Waals surface area contributed by atoms with Crippen molar-refractivity contribution in [2.24, 2.45) is 0 Å². The minimum absolute atomic E-state index is 0.148. The number of carbonyl (C=O) groups is 2. The molecule has 2 amide bonds. The van der Waals surface area contributed by atoms with E-state index < -0.39 is 0 Å². The molecule has 0 radical (unpaired) electrons. The first-order chi connectivity index (χ1) is 14.5. The maximum absolute atomic E-state index is 12.2. The fourth-order valence-electron chi connectivity index (χ4n) is 2.63. The molecule has 10 heteroatoms. The third kappa shape index (κ3) is 5.75. The van der Waals surface area contributed by atoms with E-state index in [4.69, 9.17) is 23.2 Å². The van der Waals surface area contributed by atoms with E-state index in [0.717, 1.165) is 0 Å². The van der Waals surface area contributed by atoms with Gasteiger partial charge in [-0.3, -0.25) is 9.59 Å². The van der Waals surface area contributed by atoms with Gasteiger partial charge < -0.3 is 15.2 Å². The summed E-state index contributed by atoms with van der Waals surface area (Å²) in [5.41, 5.74) is 1.14. The molecule has 1 heterocycles. The molecule has 0 aliphatic carbocycles. The summed E-state index contributed by atoms with van der Waals surface area (Å²) in [6.45, 7) is 2.80. The molecule has 0 fully saturated rings. The summed E-state index contributed by atoms with van der Waals surface area (Å²) in [6.07, 6.45) is 0. The van der Waals surface area contributed by atoms with Crippen LogP contribution in [-0.4, -0.2) is 32.3 Å². The lowest BCUT2D eigenvalue weighted by Crippen LogP contribution is -2.24. The molecular weight excluding hydrogens is 445 g/mol. The zero-order valence-electron chi connectivity index (χ0n) is 16.1. The van der Waals surface area contributed by atoms with Crippen LogP contribution < -0.4 is 10.6 Å². The van der Waals surface area contributed by atoms with Crippen molar-refractivity contribution in [2.45, 2.75) is 25.2 Å². The molecule has 0 spiro atoms. The van der Waals surface area contributed by atoms with E-state index in [9.17, 15) is 9.59 Å². The summed E-state index contributed by atoms with van der Waals surface area (Å²) >= 11 is 13.1. The molecule has 2 N–H and O–H groups in total. The monoisotopic (exact) mass is 463 g/mol. The van der Waals surface area contributed by atoms with Crippen molar-refractivity contribution < 1.29 is 9.59 Å². The summed E-state index contributed by atoms with van der Waals surface area (Å²) in [5.74, 6) is 0.378. The summed E-state index contributed by atoms with van der Waals surface area (Å²) in [6, 6.07) is 13.8. The standard InChI is InChI=1S/C20H19Cl2N5O2S/c1-2-27-17(11-23-19(29)13-6-4-3-5-7-13)25-26-20(27)30-12-18(28)24-14-8-9-15(21)16(22)10-14/h3-10H,2,11-12H2,1H3,(H,23,29)(H,24,28). The van der Waals surface area contributed by atoms with Crippen LogP contribution >= 0.6 is 35.0 Å². The van der Waals surface area contributed by atoms with Gasteiger partial charge in [0.1, 0.15) is 0 Å². The quantitative estimate of drug-likeness (QED) is 0.487. The lowest BCUT2D eigenvalue weighted by Gasteiger charge is -2.09. The van der Waals surface area contributed by atoms with Gasteiger partial charge >= 0.3 is 0 Å². The molecule has 30 heavy (non-hydrogen) atoms. The second-order valence-electron chi connectivity index (χ2n) is 6.16. The number of hydrogen-bond donors (Lipinski definition) is 2. The maximum atomic E-state index is 12.2. The smallest absolute Gasteiger partial charge is 0.251 e. The lowest BCUT2D eigenvalue weighted by molar-refractivity contribution is -0.113. The number of aromatic nitrogens is 3. The Kier molecular flexibility index (Phi) is 7.73. The largest absolute Gasteiger partial charge is 0.345 e. The molecule has 0 saturated carbocycles. The number of carbonyl (C=O) groups excluding carboxylic acids is 2. The van der Waals surface area contributed by atoms with Gasteiger partial charge in [-0.2, -0.15) is 0 Å². The van der Waals surface area contributed by atoms with E-state index in [1.165, 1.54) is 11.8 Å². The molecule has 0 aliphatic heterocycles. The van der Waals surface area contributed by atoms with Gasteiger partial charge in [-0.05, 0) is 37.3 Å². The van der Waals surface area contributed by atoms with Crippen molar-refractivity contribution in [3.8, 4) is 0 Å². The Hall–Kier alpha value is -2.55. The molecule has 156 valence electrons. The molecule has 0 unspecified atom stereocenters. The molecule has 1 aromatic heterocycles. The van der Waals surface area contributed by atoms with Crippen molar-refractivity contribution >= 4 is 52.5 Å². The first-order valence-electron chi connectivity index (χ1n) is 9.11. The van der Waals surface area contributed by atoms with E-state index in [-0.39, 0.29) is 24.1 Å². The van der Waals surface area contributed by atoms with E-state index in [0.29, 0.717) is 38.8 Å². The molecule has 0 atom stereocenters. The van der Waals surface area contributed by atoms with E-state index in [1.54, 1.807) is 42.5 Å². The number of hydrogen-bond acceptors (Lipinski definition) is 5. The van der Waals surface area contributed by atoms with E-state index in [2.05, 4.69) is 20.8 Å². The Labute approximate surface area is 188 Å². The summed E-state index contributed by atoms with van der Waals surface area (Å²) < 4.78 is 1.86. The van der Waals surface area contributed by atoms with Gasteiger partial charge in [-0.1, -0.05) is 53.2 Å². The minimum Gasteiger partial charge on any atom is -0.345 e. The van der Waals surface area contributed by atoms with Crippen molar-refractivity contribution in [1.29, 1.82) is 0 Å². The summed E-state index contributed by atoms with van der Waals surface area (Å²) in [4.78, 5) is 24.5. The Morgan fingerprint density at radius 1 is 1.07 bits per heavy atom. The zero-order chi connectivity index (χ0) is 21.5. The number of nitrogens with zero attached hydrogens (tertiary/aromatic N) is 3. The first-order valence-corrected chi connectivity index (χ1v) is 10.8. The number of benzene rings is 2. The first kappa shape index (κ1) is 22.1. The Balaban J connectivity index is 1.56. The molecular formula is C20H19Cl2N5O2S. The second-order valence-corrected chi connectivity index (χ2v) is 7.91.